The van der Waals surface area contributed by atoms with E-state index in [1.165, 1.54) is 11.8 Å². The number of aromatic nitrogens is 2. The third-order valence-corrected chi connectivity index (χ3v) is 4.94. The minimum atomic E-state index is -0.106. The minimum Gasteiger partial charge on any atom is -0.497 e. The highest BCUT2D eigenvalue weighted by Crippen LogP contribution is 2.24. The van der Waals surface area contributed by atoms with Crippen LogP contribution in [0, 0.1) is 0 Å². The van der Waals surface area contributed by atoms with Crippen LogP contribution in [0.1, 0.15) is 18.1 Å². The van der Waals surface area contributed by atoms with Crippen molar-refractivity contribution in [3.8, 4) is 17.2 Å². The van der Waals surface area contributed by atoms with Gasteiger partial charge in [-0.25, -0.2) is 0 Å². The van der Waals surface area contributed by atoms with Crippen molar-refractivity contribution in [2.24, 2.45) is 0 Å². The van der Waals surface area contributed by atoms with E-state index in [2.05, 4.69) is 15.5 Å². The molecule has 152 valence electrons. The van der Waals surface area contributed by atoms with Crippen LogP contribution in [0.25, 0.3) is 11.5 Å². The van der Waals surface area contributed by atoms with E-state index >= 15 is 0 Å². The molecule has 3 rings (SSSR count). The molecule has 29 heavy (non-hydrogen) atoms. The van der Waals surface area contributed by atoms with Crippen LogP contribution >= 0.6 is 11.8 Å². The Morgan fingerprint density at radius 1 is 1.10 bits per heavy atom. The molecule has 7 nitrogen and oxygen atoms in total. The Bertz CT molecular complexity index is 928. The van der Waals surface area contributed by atoms with Gasteiger partial charge in [-0.05, 0) is 42.3 Å². The highest BCUT2D eigenvalue weighted by Gasteiger charge is 2.12. The lowest BCUT2D eigenvalue weighted by molar-refractivity contribution is -0.118. The second-order valence-corrected chi connectivity index (χ2v) is 7.00. The fourth-order valence-corrected chi connectivity index (χ4v) is 3.17. The fourth-order valence-electron chi connectivity index (χ4n) is 2.57. The Balaban J connectivity index is 1.49. The molecule has 0 saturated carbocycles. The van der Waals surface area contributed by atoms with E-state index in [0.717, 1.165) is 22.4 Å². The van der Waals surface area contributed by atoms with Crippen molar-refractivity contribution >= 4 is 17.7 Å². The smallest absolute Gasteiger partial charge is 0.277 e. The van der Waals surface area contributed by atoms with Gasteiger partial charge >= 0.3 is 0 Å². The van der Waals surface area contributed by atoms with Crippen LogP contribution in [0.15, 0.2) is 58.2 Å². The summed E-state index contributed by atoms with van der Waals surface area (Å²) in [6.45, 7) is 3.59. The second-order valence-electron chi connectivity index (χ2n) is 6.07. The lowest BCUT2D eigenvalue weighted by Gasteiger charge is -2.10. The van der Waals surface area contributed by atoms with E-state index in [0.29, 0.717) is 30.9 Å². The molecule has 0 bridgehead atoms. The largest absolute Gasteiger partial charge is 0.497 e. The molecule has 0 aliphatic heterocycles. The Labute approximate surface area is 173 Å². The molecule has 1 amide bonds. The van der Waals surface area contributed by atoms with E-state index in [9.17, 15) is 4.79 Å². The van der Waals surface area contributed by atoms with Gasteiger partial charge in [-0.3, -0.25) is 4.79 Å². The van der Waals surface area contributed by atoms with Crippen LogP contribution in [0.3, 0.4) is 0 Å². The van der Waals surface area contributed by atoms with E-state index in [1.807, 2.05) is 55.5 Å². The highest BCUT2D eigenvalue weighted by atomic mass is 32.2. The maximum Gasteiger partial charge on any atom is 0.277 e. The van der Waals surface area contributed by atoms with Crippen molar-refractivity contribution in [3.63, 3.8) is 0 Å². The van der Waals surface area contributed by atoms with Gasteiger partial charge in [-0.1, -0.05) is 36.0 Å². The summed E-state index contributed by atoms with van der Waals surface area (Å²) in [6, 6.07) is 15.2. The first kappa shape index (κ1) is 20.9. The summed E-state index contributed by atoms with van der Waals surface area (Å²) in [5, 5.41) is 11.3. The van der Waals surface area contributed by atoms with Crippen molar-refractivity contribution in [2.45, 2.75) is 25.3 Å². The summed E-state index contributed by atoms with van der Waals surface area (Å²) in [7, 11) is 1.61. The summed E-state index contributed by atoms with van der Waals surface area (Å²) < 4.78 is 16.2. The van der Waals surface area contributed by atoms with Crippen LogP contribution in [0.5, 0.6) is 5.75 Å². The number of methoxy groups -OCH3 is 1. The van der Waals surface area contributed by atoms with Crippen molar-refractivity contribution in [2.75, 3.05) is 19.5 Å². The fraction of sp³-hybridized carbons (Fsp3) is 0.286. The van der Waals surface area contributed by atoms with Gasteiger partial charge in [-0.2, -0.15) is 0 Å². The van der Waals surface area contributed by atoms with Gasteiger partial charge in [0.2, 0.25) is 11.8 Å². The number of nitrogens with one attached hydrogen (secondary N) is 1. The Morgan fingerprint density at radius 3 is 2.59 bits per heavy atom. The van der Waals surface area contributed by atoms with Crippen molar-refractivity contribution in [3.05, 3.63) is 59.7 Å². The van der Waals surface area contributed by atoms with E-state index in [-0.39, 0.29) is 11.7 Å². The van der Waals surface area contributed by atoms with Crippen LogP contribution in [0.2, 0.25) is 0 Å². The number of carbonyl (C=O) groups excluding carboxylic acids is 1. The highest BCUT2D eigenvalue weighted by molar-refractivity contribution is 7.99. The van der Waals surface area contributed by atoms with E-state index in [4.69, 9.17) is 13.9 Å². The SMILES string of the molecule is CCOCc1ccccc1CNC(=O)CSc1nnc(-c2ccc(OC)cc2)o1. The van der Waals surface area contributed by atoms with Crippen LogP contribution in [-0.4, -0.2) is 35.6 Å². The molecule has 0 atom stereocenters. The Hall–Kier alpha value is -2.84. The average molecular weight is 413 g/mol. The molecule has 3 aromatic rings. The number of carbonyl (C=O) groups is 1. The van der Waals surface area contributed by atoms with Crippen molar-refractivity contribution in [1.82, 2.24) is 15.5 Å². The number of amides is 1. The number of nitrogens with zero attached hydrogens (tertiary/aromatic N) is 2. The van der Waals surface area contributed by atoms with Crippen molar-refractivity contribution in [1.29, 1.82) is 0 Å². The molecule has 1 heterocycles. The first-order valence-electron chi connectivity index (χ1n) is 9.21. The second kappa shape index (κ2) is 10.6. The molecule has 0 spiro atoms. The number of hydrogen-bond acceptors (Lipinski definition) is 7. The monoisotopic (exact) mass is 413 g/mol. The van der Waals surface area contributed by atoms with Gasteiger partial charge in [0.15, 0.2) is 0 Å². The number of hydrogen-bond donors (Lipinski definition) is 1. The quantitative estimate of drug-likeness (QED) is 0.507. The summed E-state index contributed by atoms with van der Waals surface area (Å²) in [4.78, 5) is 12.2. The maximum absolute atomic E-state index is 12.2. The normalized spacial score (nSPS) is 10.7. The zero-order chi connectivity index (χ0) is 20.5. The predicted octanol–water partition coefficient (Wildman–Crippen LogP) is 3.69. The first-order chi connectivity index (χ1) is 14.2. The van der Waals surface area contributed by atoms with Gasteiger partial charge < -0.3 is 19.2 Å². The standard InChI is InChI=1S/C21H23N3O4S/c1-3-27-13-17-7-5-4-6-16(17)12-22-19(25)14-29-21-24-23-20(28-21)15-8-10-18(26-2)11-9-15/h4-11H,3,12-14H2,1-2H3,(H,22,25). The lowest BCUT2D eigenvalue weighted by Crippen LogP contribution is -2.25. The van der Waals surface area contributed by atoms with E-state index in [1.54, 1.807) is 7.11 Å². The Kier molecular flexibility index (Phi) is 7.66. The molecule has 0 radical (unpaired) electrons. The first-order valence-corrected chi connectivity index (χ1v) is 10.2. The molecular formula is C21H23N3O4S. The molecule has 0 fully saturated rings. The van der Waals surface area contributed by atoms with Crippen LogP contribution in [-0.2, 0) is 22.7 Å². The summed E-state index contributed by atoms with van der Waals surface area (Å²) >= 11 is 1.20. The molecule has 0 unspecified atom stereocenters. The average Bonchev–Trinajstić information content (AvgIpc) is 3.24. The van der Waals surface area contributed by atoms with Gasteiger partial charge in [0.05, 0.1) is 19.5 Å². The van der Waals surface area contributed by atoms with E-state index < -0.39 is 0 Å². The van der Waals surface area contributed by atoms with Crippen LogP contribution in [0.4, 0.5) is 0 Å². The third kappa shape index (κ3) is 6.07. The molecule has 0 aliphatic carbocycles. The number of rotatable bonds is 10. The van der Waals surface area contributed by atoms with Gasteiger partial charge in [0.25, 0.3) is 5.22 Å². The Morgan fingerprint density at radius 2 is 1.86 bits per heavy atom. The topological polar surface area (TPSA) is 86.5 Å². The molecule has 0 saturated heterocycles. The molecule has 1 N–H and O–H groups in total. The summed E-state index contributed by atoms with van der Waals surface area (Å²) in [5.41, 5.74) is 2.91. The van der Waals surface area contributed by atoms with Crippen LogP contribution < -0.4 is 10.1 Å². The zero-order valence-electron chi connectivity index (χ0n) is 16.4. The zero-order valence-corrected chi connectivity index (χ0v) is 17.2. The third-order valence-electron chi connectivity index (χ3n) is 4.13. The molecule has 0 aliphatic rings. The molecule has 8 heteroatoms. The maximum atomic E-state index is 12.2. The lowest BCUT2D eigenvalue weighted by atomic mass is 10.1. The predicted molar refractivity (Wildman–Crippen MR) is 111 cm³/mol. The molecular weight excluding hydrogens is 390 g/mol. The number of thioether (sulfide) groups is 1. The van der Waals surface area contributed by atoms with Gasteiger partial charge in [-0.15, -0.1) is 10.2 Å². The number of ether oxygens (including phenoxy) is 2. The van der Waals surface area contributed by atoms with Gasteiger partial charge in [0.1, 0.15) is 5.75 Å². The summed E-state index contributed by atoms with van der Waals surface area (Å²) in [6.07, 6.45) is 0. The summed E-state index contributed by atoms with van der Waals surface area (Å²) in [5.74, 6) is 1.24. The molecule has 2 aromatic carbocycles. The molecule has 1 aromatic heterocycles. The van der Waals surface area contributed by atoms with Gasteiger partial charge in [0, 0.05) is 18.7 Å². The van der Waals surface area contributed by atoms with Crippen molar-refractivity contribution < 1.29 is 18.7 Å². The minimum absolute atomic E-state index is 0.106. The number of benzene rings is 2.